The van der Waals surface area contributed by atoms with Gasteiger partial charge in [-0.2, -0.15) is 0 Å². The topological polar surface area (TPSA) is 96.2 Å². The van der Waals surface area contributed by atoms with E-state index in [1.165, 1.54) is 25.0 Å². The molecule has 3 fully saturated rings. The fourth-order valence-corrected chi connectivity index (χ4v) is 5.04. The molecule has 0 aromatic heterocycles. The van der Waals surface area contributed by atoms with Gasteiger partial charge in [-0.25, -0.2) is 0 Å². The van der Waals surface area contributed by atoms with Crippen molar-refractivity contribution in [1.29, 1.82) is 0 Å². The third-order valence-corrected chi connectivity index (χ3v) is 6.72. The van der Waals surface area contributed by atoms with Gasteiger partial charge in [0.15, 0.2) is 0 Å². The molecule has 1 aliphatic carbocycles. The third-order valence-electron chi connectivity index (χ3n) is 6.72. The number of nitrogens with zero attached hydrogens (tertiary/aromatic N) is 4. The third kappa shape index (κ3) is 4.88. The van der Waals surface area contributed by atoms with Crippen LogP contribution < -0.4 is 0 Å². The minimum atomic E-state index is -0.488. The summed E-state index contributed by atoms with van der Waals surface area (Å²) in [5, 5.41) is 11.0. The van der Waals surface area contributed by atoms with Crippen molar-refractivity contribution in [3.05, 3.63) is 39.9 Å². The number of morpholine rings is 1. The SMILES string of the molecule is O=C(c1cccc([N+](=O)[O-])c1)N1CCN(C(C(=O)N2CCOCC2)C2CCCC2)CC1. The van der Waals surface area contributed by atoms with Gasteiger partial charge in [0.05, 0.1) is 24.2 Å². The van der Waals surface area contributed by atoms with Gasteiger partial charge in [-0.05, 0) is 24.8 Å². The Morgan fingerprint density at radius 3 is 2.32 bits per heavy atom. The van der Waals surface area contributed by atoms with Crippen LogP contribution in [0.3, 0.4) is 0 Å². The molecule has 1 aromatic rings. The quantitative estimate of drug-likeness (QED) is 0.522. The van der Waals surface area contributed by atoms with Crippen LogP contribution in [-0.4, -0.2) is 90.0 Å². The molecule has 0 radical (unpaired) electrons. The standard InChI is InChI=1S/C22H30N4O5/c27-21(18-6-3-7-19(16-18)26(29)30)24-10-8-23(9-11-24)20(17-4-1-2-5-17)22(28)25-12-14-31-15-13-25/h3,6-7,16-17,20H,1-2,4-5,8-15H2. The van der Waals surface area contributed by atoms with Crippen LogP contribution in [0, 0.1) is 16.0 Å². The molecule has 2 heterocycles. The van der Waals surface area contributed by atoms with Crippen LogP contribution >= 0.6 is 0 Å². The van der Waals surface area contributed by atoms with Crippen LogP contribution in [0.1, 0.15) is 36.0 Å². The first-order chi connectivity index (χ1) is 15.0. The number of carbonyl (C=O) groups is 2. The van der Waals surface area contributed by atoms with E-state index in [1.54, 1.807) is 17.0 Å². The maximum Gasteiger partial charge on any atom is 0.270 e. The van der Waals surface area contributed by atoms with Crippen LogP contribution in [0.15, 0.2) is 24.3 Å². The van der Waals surface area contributed by atoms with E-state index < -0.39 is 4.92 Å². The van der Waals surface area contributed by atoms with Gasteiger partial charge in [-0.1, -0.05) is 18.9 Å². The summed E-state index contributed by atoms with van der Waals surface area (Å²) >= 11 is 0. The average molecular weight is 431 g/mol. The van der Waals surface area contributed by atoms with Crippen molar-refractivity contribution >= 4 is 17.5 Å². The van der Waals surface area contributed by atoms with E-state index in [-0.39, 0.29) is 23.5 Å². The molecule has 168 valence electrons. The number of amides is 2. The molecule has 2 saturated heterocycles. The molecule has 9 heteroatoms. The molecular weight excluding hydrogens is 400 g/mol. The van der Waals surface area contributed by atoms with E-state index in [2.05, 4.69) is 4.90 Å². The van der Waals surface area contributed by atoms with Gasteiger partial charge in [0, 0.05) is 57.0 Å². The second-order valence-electron chi connectivity index (χ2n) is 8.56. The molecule has 0 spiro atoms. The highest BCUT2D eigenvalue weighted by Crippen LogP contribution is 2.32. The fraction of sp³-hybridized carbons (Fsp3) is 0.636. The number of carbonyl (C=O) groups excluding carboxylic acids is 2. The van der Waals surface area contributed by atoms with Crippen LogP contribution in [0.2, 0.25) is 0 Å². The molecule has 2 aliphatic heterocycles. The second-order valence-corrected chi connectivity index (χ2v) is 8.56. The van der Waals surface area contributed by atoms with Crippen molar-refractivity contribution in [2.24, 2.45) is 5.92 Å². The maximum absolute atomic E-state index is 13.4. The Morgan fingerprint density at radius 1 is 1.00 bits per heavy atom. The van der Waals surface area contributed by atoms with Crippen LogP contribution in [0.25, 0.3) is 0 Å². The average Bonchev–Trinajstić information content (AvgIpc) is 3.34. The summed E-state index contributed by atoms with van der Waals surface area (Å²) in [4.78, 5) is 42.8. The minimum absolute atomic E-state index is 0.0816. The maximum atomic E-state index is 13.4. The Labute approximate surface area is 182 Å². The summed E-state index contributed by atoms with van der Waals surface area (Å²) in [5.74, 6) is 0.378. The predicted octanol–water partition coefficient (Wildman–Crippen LogP) is 1.77. The van der Waals surface area contributed by atoms with Gasteiger partial charge in [-0.15, -0.1) is 0 Å². The zero-order valence-corrected chi connectivity index (χ0v) is 17.8. The van der Waals surface area contributed by atoms with Gasteiger partial charge in [0.1, 0.15) is 0 Å². The molecule has 9 nitrogen and oxygen atoms in total. The fourth-order valence-electron chi connectivity index (χ4n) is 5.04. The summed E-state index contributed by atoms with van der Waals surface area (Å²) in [6, 6.07) is 5.75. The van der Waals surface area contributed by atoms with Crippen LogP contribution in [0.5, 0.6) is 0 Å². The van der Waals surface area contributed by atoms with E-state index in [9.17, 15) is 19.7 Å². The molecule has 2 amide bonds. The Hall–Kier alpha value is -2.52. The molecule has 0 N–H and O–H groups in total. The van der Waals surface area contributed by atoms with Gasteiger partial charge in [0.25, 0.3) is 11.6 Å². The number of rotatable bonds is 5. The Kier molecular flexibility index (Phi) is 6.82. The first kappa shape index (κ1) is 21.7. The van der Waals surface area contributed by atoms with E-state index in [4.69, 9.17) is 4.74 Å². The molecule has 1 saturated carbocycles. The lowest BCUT2D eigenvalue weighted by molar-refractivity contribution is -0.384. The highest BCUT2D eigenvalue weighted by atomic mass is 16.6. The normalized spacial score (nSPS) is 21.8. The van der Waals surface area contributed by atoms with E-state index in [1.807, 2.05) is 4.90 Å². The second kappa shape index (κ2) is 9.74. The zero-order chi connectivity index (χ0) is 21.8. The lowest BCUT2D eigenvalue weighted by atomic mass is 9.94. The van der Waals surface area contributed by atoms with Crippen molar-refractivity contribution < 1.29 is 19.2 Å². The highest BCUT2D eigenvalue weighted by Gasteiger charge is 2.39. The van der Waals surface area contributed by atoms with E-state index >= 15 is 0 Å². The van der Waals surface area contributed by atoms with E-state index in [0.29, 0.717) is 64.0 Å². The van der Waals surface area contributed by atoms with Crippen molar-refractivity contribution in [2.45, 2.75) is 31.7 Å². The Morgan fingerprint density at radius 2 is 1.68 bits per heavy atom. The number of nitro groups is 1. The summed E-state index contributed by atoms with van der Waals surface area (Å²) in [6.45, 7) is 4.78. The summed E-state index contributed by atoms with van der Waals surface area (Å²) in [6.07, 6.45) is 4.49. The van der Waals surface area contributed by atoms with Crippen molar-refractivity contribution in [2.75, 3.05) is 52.5 Å². The number of nitro benzene ring substituents is 1. The van der Waals surface area contributed by atoms with Crippen molar-refractivity contribution in [3.8, 4) is 0 Å². The van der Waals surface area contributed by atoms with Gasteiger partial charge in [0.2, 0.25) is 5.91 Å². The summed E-state index contributed by atoms with van der Waals surface area (Å²) in [5.41, 5.74) is 0.251. The van der Waals surface area contributed by atoms with E-state index in [0.717, 1.165) is 12.8 Å². The monoisotopic (exact) mass is 430 g/mol. The number of hydrogen-bond acceptors (Lipinski definition) is 6. The van der Waals surface area contributed by atoms with Crippen LogP contribution in [0.4, 0.5) is 5.69 Å². The highest BCUT2D eigenvalue weighted by molar-refractivity contribution is 5.95. The molecule has 1 aromatic carbocycles. The molecule has 1 unspecified atom stereocenters. The predicted molar refractivity (Wildman–Crippen MR) is 114 cm³/mol. The number of piperazine rings is 1. The molecule has 1 atom stereocenters. The Balaban J connectivity index is 1.42. The largest absolute Gasteiger partial charge is 0.378 e. The number of benzene rings is 1. The number of ether oxygens (including phenoxy) is 1. The molecule has 0 bridgehead atoms. The molecule has 4 rings (SSSR count). The van der Waals surface area contributed by atoms with Gasteiger partial charge < -0.3 is 14.5 Å². The first-order valence-electron chi connectivity index (χ1n) is 11.2. The zero-order valence-electron chi connectivity index (χ0n) is 17.8. The molecular formula is C22H30N4O5. The van der Waals surface area contributed by atoms with Crippen LogP contribution in [-0.2, 0) is 9.53 Å². The summed E-state index contributed by atoms with van der Waals surface area (Å²) < 4.78 is 5.41. The van der Waals surface area contributed by atoms with Crippen molar-refractivity contribution in [3.63, 3.8) is 0 Å². The lowest BCUT2D eigenvalue weighted by Gasteiger charge is -2.43. The Bertz CT molecular complexity index is 812. The number of non-ortho nitro benzene ring substituents is 1. The molecule has 31 heavy (non-hydrogen) atoms. The first-order valence-corrected chi connectivity index (χ1v) is 11.2. The lowest BCUT2D eigenvalue weighted by Crippen LogP contribution is -2.59. The summed E-state index contributed by atoms with van der Waals surface area (Å²) in [7, 11) is 0. The van der Waals surface area contributed by atoms with Gasteiger partial charge in [-0.3, -0.25) is 24.6 Å². The smallest absolute Gasteiger partial charge is 0.270 e. The minimum Gasteiger partial charge on any atom is -0.378 e. The van der Waals surface area contributed by atoms with Crippen molar-refractivity contribution in [1.82, 2.24) is 14.7 Å². The molecule has 3 aliphatic rings. The number of hydrogen-bond donors (Lipinski definition) is 0. The van der Waals surface area contributed by atoms with Gasteiger partial charge >= 0.3 is 0 Å².